The maximum absolute atomic E-state index is 6.34. The highest BCUT2D eigenvalue weighted by Gasteiger charge is 2.13. The second-order valence-electron chi connectivity index (χ2n) is 4.70. The van der Waals surface area contributed by atoms with Gasteiger partial charge in [-0.05, 0) is 25.0 Å². The first-order valence-electron chi connectivity index (χ1n) is 6.76. The Morgan fingerprint density at radius 2 is 2.00 bits per heavy atom. The topological polar surface area (TPSA) is 30.5 Å². The third-order valence-corrected chi connectivity index (χ3v) is 3.61. The van der Waals surface area contributed by atoms with Crippen LogP contribution >= 0.6 is 11.6 Å². The number of halogens is 1. The van der Waals surface area contributed by atoms with Crippen molar-refractivity contribution in [1.82, 2.24) is 5.32 Å². The van der Waals surface area contributed by atoms with Gasteiger partial charge in [0.15, 0.2) is 11.5 Å². The maximum Gasteiger partial charge on any atom is 0.179 e. The number of rotatable bonds is 8. The fourth-order valence-corrected chi connectivity index (χ4v) is 2.26. The monoisotopic (exact) mass is 285 g/mol. The van der Waals surface area contributed by atoms with Gasteiger partial charge >= 0.3 is 0 Å². The van der Waals surface area contributed by atoms with Crippen LogP contribution in [0.4, 0.5) is 0 Å². The number of methoxy groups -OCH3 is 2. The van der Waals surface area contributed by atoms with Crippen molar-refractivity contribution in [2.45, 2.75) is 45.7 Å². The lowest BCUT2D eigenvalue weighted by atomic mass is 10.1. The Morgan fingerprint density at radius 3 is 2.58 bits per heavy atom. The summed E-state index contributed by atoms with van der Waals surface area (Å²) in [6.45, 7) is 5.15. The van der Waals surface area contributed by atoms with E-state index in [1.54, 1.807) is 14.2 Å². The molecule has 0 radical (unpaired) electrons. The van der Waals surface area contributed by atoms with Crippen molar-refractivity contribution in [3.8, 4) is 11.5 Å². The molecule has 108 valence electrons. The average molecular weight is 286 g/mol. The lowest BCUT2D eigenvalue weighted by Gasteiger charge is -2.16. The highest BCUT2D eigenvalue weighted by Crippen LogP contribution is 2.37. The molecular weight excluding hydrogens is 262 g/mol. The van der Waals surface area contributed by atoms with Gasteiger partial charge in [0.1, 0.15) is 0 Å². The van der Waals surface area contributed by atoms with Gasteiger partial charge in [-0.25, -0.2) is 0 Å². The predicted molar refractivity (Wildman–Crippen MR) is 80.4 cm³/mol. The molecule has 0 aliphatic heterocycles. The molecule has 4 heteroatoms. The highest BCUT2D eigenvalue weighted by atomic mass is 35.5. The molecule has 1 aromatic carbocycles. The molecule has 0 spiro atoms. The summed E-state index contributed by atoms with van der Waals surface area (Å²) in [6.07, 6.45) is 3.65. The van der Waals surface area contributed by atoms with Crippen LogP contribution in [0.25, 0.3) is 0 Å². The molecule has 0 fully saturated rings. The minimum absolute atomic E-state index is 0.490. The Labute approximate surface area is 121 Å². The van der Waals surface area contributed by atoms with Crippen LogP contribution in [-0.4, -0.2) is 20.3 Å². The molecule has 1 rings (SSSR count). The van der Waals surface area contributed by atoms with E-state index >= 15 is 0 Å². The van der Waals surface area contributed by atoms with E-state index in [1.165, 1.54) is 19.3 Å². The zero-order valence-corrected chi connectivity index (χ0v) is 13.0. The fraction of sp³-hybridized carbons (Fsp3) is 0.600. The molecule has 1 N–H and O–H groups in total. The summed E-state index contributed by atoms with van der Waals surface area (Å²) < 4.78 is 10.5. The van der Waals surface area contributed by atoms with Crippen molar-refractivity contribution in [3.63, 3.8) is 0 Å². The minimum atomic E-state index is 0.490. The van der Waals surface area contributed by atoms with Crippen molar-refractivity contribution in [2.24, 2.45) is 0 Å². The molecule has 1 aromatic rings. The Bertz CT molecular complexity index is 396. The van der Waals surface area contributed by atoms with Crippen LogP contribution < -0.4 is 14.8 Å². The van der Waals surface area contributed by atoms with E-state index in [0.717, 1.165) is 12.1 Å². The van der Waals surface area contributed by atoms with Crippen LogP contribution in [0, 0.1) is 0 Å². The smallest absolute Gasteiger partial charge is 0.179 e. The molecule has 3 nitrogen and oxygen atoms in total. The van der Waals surface area contributed by atoms with Crippen molar-refractivity contribution in [1.29, 1.82) is 0 Å². The Morgan fingerprint density at radius 1 is 1.26 bits per heavy atom. The zero-order valence-electron chi connectivity index (χ0n) is 12.3. The number of benzene rings is 1. The standard InChI is InChI=1S/C15H24ClNO2/c1-5-6-7-11(2)17-10-12-8-9-13(18-3)15(19-4)14(12)16/h8-9,11,17H,5-7,10H2,1-4H3. The lowest BCUT2D eigenvalue weighted by molar-refractivity contribution is 0.354. The summed E-state index contributed by atoms with van der Waals surface area (Å²) in [4.78, 5) is 0. The van der Waals surface area contributed by atoms with Gasteiger partial charge in [0, 0.05) is 12.6 Å². The molecule has 1 unspecified atom stereocenters. The molecular formula is C15H24ClNO2. The van der Waals surface area contributed by atoms with Crippen molar-refractivity contribution in [3.05, 3.63) is 22.7 Å². The first kappa shape index (κ1) is 16.1. The molecule has 0 aliphatic carbocycles. The molecule has 1 atom stereocenters. The van der Waals surface area contributed by atoms with Gasteiger partial charge in [-0.2, -0.15) is 0 Å². The molecule has 0 aliphatic rings. The van der Waals surface area contributed by atoms with Gasteiger partial charge < -0.3 is 14.8 Å². The SMILES string of the molecule is CCCCC(C)NCc1ccc(OC)c(OC)c1Cl. The van der Waals surface area contributed by atoms with Crippen LogP contribution in [0.2, 0.25) is 5.02 Å². The second-order valence-corrected chi connectivity index (χ2v) is 5.08. The number of nitrogens with one attached hydrogen (secondary N) is 1. The molecule has 0 saturated carbocycles. The largest absolute Gasteiger partial charge is 0.493 e. The molecule has 0 bridgehead atoms. The van der Waals surface area contributed by atoms with Crippen LogP contribution in [-0.2, 0) is 6.54 Å². The highest BCUT2D eigenvalue weighted by molar-refractivity contribution is 6.33. The normalized spacial score (nSPS) is 12.3. The number of hydrogen-bond donors (Lipinski definition) is 1. The van der Waals surface area contributed by atoms with Crippen molar-refractivity contribution in [2.75, 3.05) is 14.2 Å². The Hall–Kier alpha value is -0.930. The maximum atomic E-state index is 6.34. The van der Waals surface area contributed by atoms with Crippen LogP contribution in [0.15, 0.2) is 12.1 Å². The average Bonchev–Trinajstić information content (AvgIpc) is 2.43. The second kappa shape index (κ2) is 8.28. The lowest BCUT2D eigenvalue weighted by Crippen LogP contribution is -2.25. The number of ether oxygens (including phenoxy) is 2. The third kappa shape index (κ3) is 4.59. The van der Waals surface area contributed by atoms with Crippen LogP contribution in [0.1, 0.15) is 38.7 Å². The van der Waals surface area contributed by atoms with Crippen LogP contribution in [0.5, 0.6) is 11.5 Å². The van der Waals surface area contributed by atoms with Crippen molar-refractivity contribution < 1.29 is 9.47 Å². The molecule has 0 amide bonds. The number of hydrogen-bond acceptors (Lipinski definition) is 3. The van der Waals surface area contributed by atoms with E-state index in [9.17, 15) is 0 Å². The van der Waals surface area contributed by atoms with Crippen molar-refractivity contribution >= 4 is 11.6 Å². The summed E-state index contributed by atoms with van der Waals surface area (Å²) in [6, 6.07) is 4.35. The quantitative estimate of drug-likeness (QED) is 0.782. The predicted octanol–water partition coefficient (Wildman–Crippen LogP) is 4.03. The van der Waals surface area contributed by atoms with Gasteiger partial charge in [-0.3, -0.25) is 0 Å². The third-order valence-electron chi connectivity index (χ3n) is 3.20. The summed E-state index contributed by atoms with van der Waals surface area (Å²) >= 11 is 6.34. The van der Waals surface area contributed by atoms with Gasteiger partial charge in [0.05, 0.1) is 19.2 Å². The summed E-state index contributed by atoms with van der Waals surface area (Å²) in [5, 5.41) is 4.10. The summed E-state index contributed by atoms with van der Waals surface area (Å²) in [7, 11) is 3.21. The first-order chi connectivity index (χ1) is 9.13. The van der Waals surface area contributed by atoms with E-state index in [4.69, 9.17) is 21.1 Å². The molecule has 0 heterocycles. The van der Waals surface area contributed by atoms with E-state index in [2.05, 4.69) is 19.2 Å². The van der Waals surface area contributed by atoms with Gasteiger partial charge in [-0.15, -0.1) is 0 Å². The van der Waals surface area contributed by atoms with E-state index in [1.807, 2.05) is 12.1 Å². The van der Waals surface area contributed by atoms with Crippen LogP contribution in [0.3, 0.4) is 0 Å². The molecule has 0 saturated heterocycles. The van der Waals surface area contributed by atoms with E-state index < -0.39 is 0 Å². The number of unbranched alkanes of at least 4 members (excludes halogenated alkanes) is 1. The zero-order chi connectivity index (χ0) is 14.3. The van der Waals surface area contributed by atoms with E-state index in [0.29, 0.717) is 22.6 Å². The minimum Gasteiger partial charge on any atom is -0.493 e. The van der Waals surface area contributed by atoms with E-state index in [-0.39, 0.29) is 0 Å². The Balaban J connectivity index is 2.69. The summed E-state index contributed by atoms with van der Waals surface area (Å²) in [5.74, 6) is 1.26. The molecule has 0 aromatic heterocycles. The Kier molecular flexibility index (Phi) is 7.03. The van der Waals surface area contributed by atoms with Gasteiger partial charge in [0.2, 0.25) is 0 Å². The first-order valence-corrected chi connectivity index (χ1v) is 7.14. The molecule has 19 heavy (non-hydrogen) atoms. The fourth-order valence-electron chi connectivity index (χ4n) is 1.96. The van der Waals surface area contributed by atoms with Gasteiger partial charge in [0.25, 0.3) is 0 Å². The summed E-state index contributed by atoms with van der Waals surface area (Å²) in [5.41, 5.74) is 1.03. The van der Waals surface area contributed by atoms with Gasteiger partial charge in [-0.1, -0.05) is 37.4 Å².